The summed E-state index contributed by atoms with van der Waals surface area (Å²) in [6, 6.07) is 12.1. The third-order valence-electron chi connectivity index (χ3n) is 3.31. The van der Waals surface area contributed by atoms with Crippen molar-refractivity contribution in [1.82, 2.24) is 4.98 Å². The minimum atomic E-state index is 0.149. The highest BCUT2D eigenvalue weighted by atomic mass is 35.5. The van der Waals surface area contributed by atoms with Gasteiger partial charge < -0.3 is 9.84 Å². The lowest BCUT2D eigenvalue weighted by Crippen LogP contribution is -1.95. The maximum atomic E-state index is 9.56. The van der Waals surface area contributed by atoms with Crippen LogP contribution < -0.4 is 10.2 Å². The number of benzene rings is 2. The molecule has 23 heavy (non-hydrogen) atoms. The molecule has 0 aliphatic heterocycles. The monoisotopic (exact) mass is 327 g/mol. The Morgan fingerprint density at radius 1 is 1.22 bits per heavy atom. The molecular weight excluding hydrogens is 314 g/mol. The van der Waals surface area contributed by atoms with Crippen molar-refractivity contribution in [2.45, 2.75) is 0 Å². The van der Waals surface area contributed by atoms with Crippen LogP contribution in [0.25, 0.3) is 10.9 Å². The summed E-state index contributed by atoms with van der Waals surface area (Å²) in [7, 11) is 1.57. The highest BCUT2D eigenvalue weighted by Gasteiger charge is 2.03. The van der Waals surface area contributed by atoms with Crippen molar-refractivity contribution in [3.05, 3.63) is 59.2 Å². The molecule has 0 aliphatic carbocycles. The molecule has 0 saturated carbocycles. The number of nitrogens with zero attached hydrogens (tertiary/aromatic N) is 2. The standard InChI is InChI=1S/C17H14ClN3O2/c1-23-17-5-3-13(22)8-11(17)10-20-21-15-6-7-19-16-9-12(18)2-4-14(15)16/h2-10,22H,1H3,(H,19,21)/b20-10+. The fraction of sp³-hybridized carbons (Fsp3) is 0.0588. The number of fused-ring (bicyclic) bond motifs is 1. The lowest BCUT2D eigenvalue weighted by molar-refractivity contribution is 0.411. The van der Waals surface area contributed by atoms with Gasteiger partial charge in [-0.25, -0.2) is 0 Å². The fourth-order valence-electron chi connectivity index (χ4n) is 2.21. The van der Waals surface area contributed by atoms with Gasteiger partial charge in [0.2, 0.25) is 0 Å². The number of methoxy groups -OCH3 is 1. The van der Waals surface area contributed by atoms with E-state index >= 15 is 0 Å². The first-order valence-electron chi connectivity index (χ1n) is 6.88. The largest absolute Gasteiger partial charge is 0.508 e. The van der Waals surface area contributed by atoms with Crippen LogP contribution in [0.1, 0.15) is 5.56 Å². The number of hydrazone groups is 1. The summed E-state index contributed by atoms with van der Waals surface area (Å²) < 4.78 is 5.23. The number of aromatic hydroxyl groups is 1. The Balaban J connectivity index is 1.88. The van der Waals surface area contributed by atoms with Crippen molar-refractivity contribution < 1.29 is 9.84 Å². The van der Waals surface area contributed by atoms with Gasteiger partial charge in [-0.1, -0.05) is 11.6 Å². The van der Waals surface area contributed by atoms with E-state index in [1.54, 1.807) is 49.9 Å². The normalized spacial score (nSPS) is 11.0. The zero-order valence-corrected chi connectivity index (χ0v) is 13.1. The minimum Gasteiger partial charge on any atom is -0.508 e. The third-order valence-corrected chi connectivity index (χ3v) is 3.54. The molecule has 3 aromatic rings. The van der Waals surface area contributed by atoms with Gasteiger partial charge in [0.15, 0.2) is 0 Å². The van der Waals surface area contributed by atoms with E-state index < -0.39 is 0 Å². The Morgan fingerprint density at radius 2 is 2.09 bits per heavy atom. The Morgan fingerprint density at radius 3 is 2.91 bits per heavy atom. The summed E-state index contributed by atoms with van der Waals surface area (Å²) in [5.74, 6) is 0.774. The Bertz CT molecular complexity index is 881. The van der Waals surface area contributed by atoms with Crippen molar-refractivity contribution in [1.29, 1.82) is 0 Å². The number of hydrogen-bond donors (Lipinski definition) is 2. The molecule has 5 nitrogen and oxygen atoms in total. The smallest absolute Gasteiger partial charge is 0.127 e. The highest BCUT2D eigenvalue weighted by Crippen LogP contribution is 2.25. The zero-order chi connectivity index (χ0) is 16.2. The van der Waals surface area contributed by atoms with Gasteiger partial charge in [-0.15, -0.1) is 0 Å². The quantitative estimate of drug-likeness (QED) is 0.560. The van der Waals surface area contributed by atoms with E-state index in [9.17, 15) is 5.11 Å². The second-order valence-corrected chi connectivity index (χ2v) is 5.25. The van der Waals surface area contributed by atoms with Crippen LogP contribution in [0, 0.1) is 0 Å². The molecule has 0 aliphatic rings. The van der Waals surface area contributed by atoms with Crippen molar-refractivity contribution in [3.8, 4) is 11.5 Å². The van der Waals surface area contributed by atoms with Gasteiger partial charge in [-0.05, 0) is 42.5 Å². The average Bonchev–Trinajstić information content (AvgIpc) is 2.55. The predicted molar refractivity (Wildman–Crippen MR) is 92.6 cm³/mol. The number of anilines is 1. The van der Waals surface area contributed by atoms with Crippen LogP contribution in [0.2, 0.25) is 5.02 Å². The van der Waals surface area contributed by atoms with Crippen LogP contribution in [0.15, 0.2) is 53.8 Å². The van der Waals surface area contributed by atoms with E-state index in [-0.39, 0.29) is 5.75 Å². The number of hydrogen-bond acceptors (Lipinski definition) is 5. The second-order valence-electron chi connectivity index (χ2n) is 4.82. The van der Waals surface area contributed by atoms with Crippen LogP contribution in [-0.4, -0.2) is 23.4 Å². The van der Waals surface area contributed by atoms with Gasteiger partial charge in [-0.3, -0.25) is 10.4 Å². The summed E-state index contributed by atoms with van der Waals surface area (Å²) >= 11 is 5.98. The summed E-state index contributed by atoms with van der Waals surface area (Å²) in [5, 5.41) is 15.3. The Kier molecular flexibility index (Phi) is 4.30. The van der Waals surface area contributed by atoms with Crippen LogP contribution >= 0.6 is 11.6 Å². The minimum absolute atomic E-state index is 0.149. The maximum absolute atomic E-state index is 9.56. The SMILES string of the molecule is COc1ccc(O)cc1/C=N/Nc1ccnc2cc(Cl)ccc12. The number of rotatable bonds is 4. The summed E-state index contributed by atoms with van der Waals surface area (Å²) in [4.78, 5) is 4.28. The molecule has 1 heterocycles. The number of ether oxygens (including phenoxy) is 1. The fourth-order valence-corrected chi connectivity index (χ4v) is 2.38. The van der Waals surface area contributed by atoms with Gasteiger partial charge in [0.05, 0.1) is 24.5 Å². The highest BCUT2D eigenvalue weighted by molar-refractivity contribution is 6.31. The Labute approximate surface area is 138 Å². The molecule has 6 heteroatoms. The van der Waals surface area contributed by atoms with Crippen molar-refractivity contribution in [2.75, 3.05) is 12.5 Å². The van der Waals surface area contributed by atoms with E-state index in [1.165, 1.54) is 0 Å². The van der Waals surface area contributed by atoms with Crippen molar-refractivity contribution in [3.63, 3.8) is 0 Å². The van der Waals surface area contributed by atoms with Gasteiger partial charge >= 0.3 is 0 Å². The molecule has 1 aromatic heterocycles. The van der Waals surface area contributed by atoms with Gasteiger partial charge in [0.25, 0.3) is 0 Å². The number of phenolic OH excluding ortho intramolecular Hbond substituents is 1. The molecular formula is C17H14ClN3O2. The summed E-state index contributed by atoms with van der Waals surface area (Å²) in [5.41, 5.74) is 5.24. The predicted octanol–water partition coefficient (Wildman–Crippen LogP) is 4.05. The van der Waals surface area contributed by atoms with Crippen LogP contribution in [-0.2, 0) is 0 Å². The molecule has 0 saturated heterocycles. The number of aromatic nitrogens is 1. The molecule has 0 fully saturated rings. The molecule has 0 amide bonds. The third kappa shape index (κ3) is 3.35. The molecule has 0 atom stereocenters. The lowest BCUT2D eigenvalue weighted by atomic mass is 10.2. The number of nitrogens with one attached hydrogen (secondary N) is 1. The van der Waals surface area contributed by atoms with Crippen molar-refractivity contribution in [2.24, 2.45) is 5.10 Å². The number of halogens is 1. The Hall–Kier alpha value is -2.79. The molecule has 2 N–H and O–H groups in total. The molecule has 0 spiro atoms. The first kappa shape index (κ1) is 15.1. The molecule has 116 valence electrons. The van der Waals surface area contributed by atoms with Gasteiger partial charge in [0, 0.05) is 22.2 Å². The summed E-state index contributed by atoms with van der Waals surface area (Å²) in [6.07, 6.45) is 3.27. The first-order valence-corrected chi connectivity index (χ1v) is 7.25. The molecule has 0 unspecified atom stereocenters. The van der Waals surface area contributed by atoms with E-state index in [4.69, 9.17) is 16.3 Å². The van der Waals surface area contributed by atoms with Gasteiger partial charge in [0.1, 0.15) is 11.5 Å². The molecule has 3 rings (SSSR count). The molecule has 2 aromatic carbocycles. The van der Waals surface area contributed by atoms with E-state index in [0.29, 0.717) is 16.3 Å². The number of pyridine rings is 1. The van der Waals surface area contributed by atoms with Crippen LogP contribution in [0.4, 0.5) is 5.69 Å². The van der Waals surface area contributed by atoms with Crippen LogP contribution in [0.5, 0.6) is 11.5 Å². The first-order chi connectivity index (χ1) is 11.2. The molecule has 0 radical (unpaired) electrons. The molecule has 0 bridgehead atoms. The number of phenols is 1. The maximum Gasteiger partial charge on any atom is 0.127 e. The van der Waals surface area contributed by atoms with E-state index in [0.717, 1.165) is 16.6 Å². The average molecular weight is 328 g/mol. The van der Waals surface area contributed by atoms with E-state index in [1.807, 2.05) is 12.1 Å². The summed E-state index contributed by atoms with van der Waals surface area (Å²) in [6.45, 7) is 0. The lowest BCUT2D eigenvalue weighted by Gasteiger charge is -2.06. The van der Waals surface area contributed by atoms with Crippen molar-refractivity contribution >= 4 is 34.4 Å². The van der Waals surface area contributed by atoms with Gasteiger partial charge in [-0.2, -0.15) is 5.10 Å². The topological polar surface area (TPSA) is 66.7 Å². The second kappa shape index (κ2) is 6.54. The van der Waals surface area contributed by atoms with E-state index in [2.05, 4.69) is 15.5 Å². The van der Waals surface area contributed by atoms with Crippen LogP contribution in [0.3, 0.4) is 0 Å². The zero-order valence-electron chi connectivity index (χ0n) is 12.3.